The molecule has 0 radical (unpaired) electrons. The summed E-state index contributed by atoms with van der Waals surface area (Å²) in [6.45, 7) is 2.00. The first-order valence-electron chi connectivity index (χ1n) is 8.99. The van der Waals surface area contributed by atoms with Crippen molar-refractivity contribution in [2.45, 2.75) is 19.4 Å². The number of carbonyl (C=O) groups is 2. The van der Waals surface area contributed by atoms with Crippen molar-refractivity contribution >= 4 is 18.0 Å². The van der Waals surface area contributed by atoms with Crippen molar-refractivity contribution in [2.24, 2.45) is 0 Å². The van der Waals surface area contributed by atoms with Crippen LogP contribution in [0.25, 0.3) is 6.08 Å². The molecule has 7 nitrogen and oxygen atoms in total. The number of fused-ring (bicyclic) bond motifs is 1. The number of ether oxygens (including phenoxy) is 5. The average molecular weight is 398 g/mol. The molecule has 0 aliphatic carbocycles. The van der Waals surface area contributed by atoms with Gasteiger partial charge < -0.3 is 23.7 Å². The van der Waals surface area contributed by atoms with Gasteiger partial charge in [0.25, 0.3) is 0 Å². The zero-order valence-electron chi connectivity index (χ0n) is 16.7. The topological polar surface area (TPSA) is 80.3 Å². The molecular formula is C22H22O7. The van der Waals surface area contributed by atoms with Gasteiger partial charge in [-0.2, -0.15) is 0 Å². The monoisotopic (exact) mass is 398 g/mol. The lowest BCUT2D eigenvalue weighted by Crippen LogP contribution is -2.07. The van der Waals surface area contributed by atoms with Gasteiger partial charge in [0.05, 0.1) is 26.9 Å². The Labute approximate surface area is 168 Å². The lowest BCUT2D eigenvalue weighted by Gasteiger charge is -2.10. The molecule has 0 saturated heterocycles. The van der Waals surface area contributed by atoms with Crippen LogP contribution in [0.3, 0.4) is 0 Å². The van der Waals surface area contributed by atoms with E-state index in [0.29, 0.717) is 11.3 Å². The molecule has 0 amide bonds. The first-order valence-corrected chi connectivity index (χ1v) is 8.99. The summed E-state index contributed by atoms with van der Waals surface area (Å²) >= 11 is 0. The number of hydrogen-bond acceptors (Lipinski definition) is 7. The first kappa shape index (κ1) is 20.3. The van der Waals surface area contributed by atoms with E-state index in [-0.39, 0.29) is 23.2 Å². The van der Waals surface area contributed by atoms with Crippen molar-refractivity contribution < 1.29 is 33.3 Å². The van der Waals surface area contributed by atoms with Crippen LogP contribution in [-0.2, 0) is 16.0 Å². The van der Waals surface area contributed by atoms with Gasteiger partial charge in [0.2, 0.25) is 0 Å². The maximum absolute atomic E-state index is 12.3. The Hall–Kier alpha value is -3.48. The van der Waals surface area contributed by atoms with Crippen LogP contribution in [0.15, 0.2) is 36.4 Å². The van der Waals surface area contributed by atoms with Gasteiger partial charge >= 0.3 is 11.9 Å². The van der Waals surface area contributed by atoms with Crippen LogP contribution in [0.2, 0.25) is 0 Å². The summed E-state index contributed by atoms with van der Waals surface area (Å²) in [5.41, 5.74) is 2.06. The van der Waals surface area contributed by atoms with Crippen molar-refractivity contribution in [1.82, 2.24) is 0 Å². The Kier molecular flexibility index (Phi) is 6.07. The van der Waals surface area contributed by atoms with Crippen LogP contribution in [0.4, 0.5) is 0 Å². The minimum atomic E-state index is -0.606. The van der Waals surface area contributed by atoms with Crippen LogP contribution in [0, 0.1) is 0 Å². The average Bonchev–Trinajstić information content (AvgIpc) is 3.09. The van der Waals surface area contributed by atoms with Crippen molar-refractivity contribution in [3.63, 3.8) is 0 Å². The molecule has 0 bridgehead atoms. The quantitative estimate of drug-likeness (QED) is 0.419. The van der Waals surface area contributed by atoms with Crippen LogP contribution < -0.4 is 18.9 Å². The molecule has 0 aromatic heterocycles. The third kappa shape index (κ3) is 4.51. The van der Waals surface area contributed by atoms with Gasteiger partial charge in [0, 0.05) is 23.6 Å². The van der Waals surface area contributed by atoms with Crippen molar-refractivity contribution in [1.29, 1.82) is 0 Å². The van der Waals surface area contributed by atoms with E-state index < -0.39 is 11.9 Å². The molecule has 1 unspecified atom stereocenters. The molecule has 0 saturated carbocycles. The van der Waals surface area contributed by atoms with Gasteiger partial charge in [-0.05, 0) is 43.3 Å². The number of methoxy groups -OCH3 is 3. The van der Waals surface area contributed by atoms with Crippen LogP contribution >= 0.6 is 0 Å². The third-order valence-corrected chi connectivity index (χ3v) is 4.44. The van der Waals surface area contributed by atoms with E-state index in [2.05, 4.69) is 4.74 Å². The van der Waals surface area contributed by atoms with Crippen LogP contribution in [-0.4, -0.2) is 39.4 Å². The molecule has 2 aromatic rings. The predicted molar refractivity (Wildman–Crippen MR) is 106 cm³/mol. The second kappa shape index (κ2) is 8.68. The fourth-order valence-electron chi connectivity index (χ4n) is 3.06. The highest BCUT2D eigenvalue weighted by molar-refractivity contribution is 5.92. The van der Waals surface area contributed by atoms with E-state index in [1.165, 1.54) is 38.5 Å². The fourth-order valence-corrected chi connectivity index (χ4v) is 3.06. The summed E-state index contributed by atoms with van der Waals surface area (Å²) in [7, 11) is 4.27. The van der Waals surface area contributed by atoms with E-state index >= 15 is 0 Å². The Balaban J connectivity index is 1.77. The Morgan fingerprint density at radius 3 is 2.48 bits per heavy atom. The second-order valence-electron chi connectivity index (χ2n) is 6.45. The molecular weight excluding hydrogens is 376 g/mol. The lowest BCUT2D eigenvalue weighted by molar-refractivity contribution is -0.129. The summed E-state index contributed by atoms with van der Waals surface area (Å²) in [5, 5.41) is 0. The van der Waals surface area contributed by atoms with Crippen molar-refractivity contribution in [2.75, 3.05) is 21.3 Å². The van der Waals surface area contributed by atoms with E-state index in [9.17, 15) is 9.59 Å². The Morgan fingerprint density at radius 2 is 1.79 bits per heavy atom. The highest BCUT2D eigenvalue weighted by Crippen LogP contribution is 2.35. The van der Waals surface area contributed by atoms with Crippen molar-refractivity contribution in [3.8, 4) is 23.0 Å². The summed E-state index contributed by atoms with van der Waals surface area (Å²) in [6, 6.07) is 8.16. The molecule has 3 rings (SSSR count). The normalized spacial score (nSPS) is 14.8. The predicted octanol–water partition coefficient (Wildman–Crippen LogP) is 3.43. The number of hydrogen-bond donors (Lipinski definition) is 0. The van der Waals surface area contributed by atoms with Gasteiger partial charge in [-0.15, -0.1) is 0 Å². The molecule has 1 heterocycles. The molecule has 152 valence electrons. The number of rotatable bonds is 6. The maximum Gasteiger partial charge on any atom is 0.337 e. The third-order valence-electron chi connectivity index (χ3n) is 4.44. The zero-order valence-corrected chi connectivity index (χ0v) is 16.7. The largest absolute Gasteiger partial charge is 0.496 e. The first-order chi connectivity index (χ1) is 13.9. The van der Waals surface area contributed by atoms with Gasteiger partial charge in [0.1, 0.15) is 17.6 Å². The minimum absolute atomic E-state index is 0.110. The molecule has 0 spiro atoms. The van der Waals surface area contributed by atoms with E-state index in [4.69, 9.17) is 18.9 Å². The highest BCUT2D eigenvalue weighted by Gasteiger charge is 2.21. The Morgan fingerprint density at radius 1 is 1.03 bits per heavy atom. The maximum atomic E-state index is 12.3. The van der Waals surface area contributed by atoms with Crippen molar-refractivity contribution in [3.05, 3.63) is 53.1 Å². The lowest BCUT2D eigenvalue weighted by atomic mass is 10.1. The summed E-state index contributed by atoms with van der Waals surface area (Å²) in [4.78, 5) is 23.9. The van der Waals surface area contributed by atoms with Crippen LogP contribution in [0.5, 0.6) is 23.0 Å². The summed E-state index contributed by atoms with van der Waals surface area (Å²) in [6.07, 6.45) is 3.82. The summed E-state index contributed by atoms with van der Waals surface area (Å²) < 4.78 is 26.4. The molecule has 1 atom stereocenters. The van der Waals surface area contributed by atoms with Gasteiger partial charge in [-0.1, -0.05) is 0 Å². The van der Waals surface area contributed by atoms with Gasteiger partial charge in [0.15, 0.2) is 11.5 Å². The SMILES string of the molecule is COC(=O)c1ccc(OC(=O)C=Cc2cc3c(cc2OC)CC(C)O3)c(OC)c1. The molecule has 2 aromatic carbocycles. The summed E-state index contributed by atoms with van der Waals surface area (Å²) in [5.74, 6) is 0.740. The molecule has 0 fully saturated rings. The number of carbonyl (C=O) groups excluding carboxylic acids is 2. The molecule has 7 heteroatoms. The Bertz CT molecular complexity index is 962. The van der Waals surface area contributed by atoms with Gasteiger partial charge in [-0.3, -0.25) is 0 Å². The molecule has 1 aliphatic heterocycles. The number of esters is 2. The fraction of sp³-hybridized carbons (Fsp3) is 0.273. The van der Waals surface area contributed by atoms with E-state index in [1.54, 1.807) is 13.2 Å². The van der Waals surface area contributed by atoms with E-state index in [0.717, 1.165) is 17.7 Å². The second-order valence-corrected chi connectivity index (χ2v) is 6.45. The number of benzene rings is 2. The standard InChI is InChI=1S/C22H22O7/c1-13-9-16-12-18(25-2)14(10-19(16)28-13)6-8-21(23)29-17-7-5-15(22(24)27-4)11-20(17)26-3/h5-8,10-13H,9H2,1-4H3. The van der Waals surface area contributed by atoms with Crippen LogP contribution in [0.1, 0.15) is 28.4 Å². The highest BCUT2D eigenvalue weighted by atomic mass is 16.6. The smallest absolute Gasteiger partial charge is 0.337 e. The van der Waals surface area contributed by atoms with Gasteiger partial charge in [-0.25, -0.2) is 9.59 Å². The minimum Gasteiger partial charge on any atom is -0.496 e. The molecule has 1 aliphatic rings. The molecule has 0 N–H and O–H groups in total. The molecule has 29 heavy (non-hydrogen) atoms. The van der Waals surface area contributed by atoms with E-state index in [1.807, 2.05) is 19.1 Å². The zero-order chi connectivity index (χ0) is 21.0.